The number of hydrogen-bond donors (Lipinski definition) is 2. The average molecular weight is 376 g/mol. The van der Waals surface area contributed by atoms with E-state index in [0.29, 0.717) is 42.8 Å². The number of hydrogen-bond acceptors (Lipinski definition) is 7. The summed E-state index contributed by atoms with van der Waals surface area (Å²) in [5, 5.41) is 16.9. The lowest BCUT2D eigenvalue weighted by atomic mass is 9.46. The van der Waals surface area contributed by atoms with Gasteiger partial charge < -0.3 is 15.8 Å². The van der Waals surface area contributed by atoms with Crippen LogP contribution in [0.15, 0.2) is 36.7 Å². The monoisotopic (exact) mass is 376 g/mol. The second-order valence-electron chi connectivity index (χ2n) is 6.23. The molecule has 1 aliphatic heterocycles. The van der Waals surface area contributed by atoms with E-state index in [-0.39, 0.29) is 6.71 Å². The number of nitriles is 1. The van der Waals surface area contributed by atoms with Crippen molar-refractivity contribution in [2.75, 3.05) is 25.5 Å². The highest BCUT2D eigenvalue weighted by atomic mass is 16.5. The molecule has 0 aliphatic carbocycles. The van der Waals surface area contributed by atoms with Gasteiger partial charge >= 0.3 is 0 Å². The molecule has 1 aromatic carbocycles. The number of anilines is 1. The molecular formula is C19H21BN6O2. The van der Waals surface area contributed by atoms with Gasteiger partial charge in [0.25, 0.3) is 6.71 Å². The first-order valence-corrected chi connectivity index (χ1v) is 9.06. The first kappa shape index (κ1) is 19.4. The van der Waals surface area contributed by atoms with Crippen molar-refractivity contribution in [2.45, 2.75) is 12.6 Å². The molecule has 2 aromatic heterocycles. The van der Waals surface area contributed by atoms with E-state index in [1.807, 2.05) is 18.3 Å². The number of aldehydes is 1. The summed E-state index contributed by atoms with van der Waals surface area (Å²) < 4.78 is 7.51. The molecule has 3 aromatic rings. The molecule has 0 atom stereocenters. The number of aromatic nitrogens is 3. The van der Waals surface area contributed by atoms with Crippen LogP contribution in [0.2, 0.25) is 12.6 Å². The van der Waals surface area contributed by atoms with Gasteiger partial charge in [-0.05, 0) is 49.5 Å². The Kier molecular flexibility index (Phi) is 6.24. The van der Waals surface area contributed by atoms with Crippen LogP contribution >= 0.6 is 0 Å². The van der Waals surface area contributed by atoms with Crippen molar-refractivity contribution >= 4 is 24.5 Å². The average Bonchev–Trinajstić information content (AvgIpc) is 3.16. The van der Waals surface area contributed by atoms with E-state index < -0.39 is 0 Å². The second kappa shape index (κ2) is 9.02. The minimum absolute atomic E-state index is 0.103. The third-order valence-corrected chi connectivity index (χ3v) is 4.46. The largest absolute Gasteiger partial charge is 0.494 e. The molecule has 0 saturated heterocycles. The van der Waals surface area contributed by atoms with Crippen LogP contribution in [0.4, 0.5) is 5.82 Å². The van der Waals surface area contributed by atoms with Gasteiger partial charge in [-0.2, -0.15) is 5.10 Å². The van der Waals surface area contributed by atoms with Crippen molar-refractivity contribution < 1.29 is 9.53 Å². The van der Waals surface area contributed by atoms with E-state index >= 15 is 0 Å². The number of nitrogens with one attached hydrogen (secondary N) is 1. The van der Waals surface area contributed by atoms with Crippen LogP contribution in [0.3, 0.4) is 0 Å². The normalized spacial score (nSPS) is 13.4. The topological polar surface area (TPSA) is 118 Å². The van der Waals surface area contributed by atoms with Gasteiger partial charge in [-0.1, -0.05) is 0 Å². The Morgan fingerprint density at radius 1 is 1.36 bits per heavy atom. The molecular weight excluding hydrogens is 355 g/mol. The summed E-state index contributed by atoms with van der Waals surface area (Å²) in [6, 6.07) is 7.23. The van der Waals surface area contributed by atoms with Gasteiger partial charge in [0.2, 0.25) is 0 Å². The minimum Gasteiger partial charge on any atom is -0.494 e. The molecule has 3 N–H and O–H groups in total. The second-order valence-corrected chi connectivity index (χ2v) is 6.23. The summed E-state index contributed by atoms with van der Waals surface area (Å²) in [6.07, 6.45) is 5.70. The van der Waals surface area contributed by atoms with E-state index in [9.17, 15) is 10.1 Å². The molecule has 3 heterocycles. The Labute approximate surface area is 163 Å². The highest BCUT2D eigenvalue weighted by Crippen LogP contribution is 2.29. The van der Waals surface area contributed by atoms with E-state index in [4.69, 9.17) is 4.74 Å². The van der Waals surface area contributed by atoms with Crippen LogP contribution < -0.4 is 15.8 Å². The fourth-order valence-corrected chi connectivity index (χ4v) is 3.07. The molecule has 4 bridgehead atoms. The molecule has 0 radical (unpaired) electrons. The summed E-state index contributed by atoms with van der Waals surface area (Å²) >= 11 is 0. The SMILES string of the molecule is CN.N#CB1CCNc2ccn3ncc(c3n2)-c2cc(C=O)cc(c2)OCC1. The first-order chi connectivity index (χ1) is 13.8. The number of nitrogens with zero attached hydrogens (tertiary/aromatic N) is 4. The maximum Gasteiger partial charge on any atom is 0.272 e. The number of carbonyl (C=O) groups is 1. The van der Waals surface area contributed by atoms with Crippen molar-refractivity contribution in [1.82, 2.24) is 14.6 Å². The van der Waals surface area contributed by atoms with E-state index in [1.54, 1.807) is 22.8 Å². The number of rotatable bonds is 1. The molecule has 0 fully saturated rings. The van der Waals surface area contributed by atoms with Gasteiger partial charge in [0, 0.05) is 29.8 Å². The van der Waals surface area contributed by atoms with E-state index in [0.717, 1.165) is 23.2 Å². The van der Waals surface area contributed by atoms with Crippen molar-refractivity contribution in [2.24, 2.45) is 5.73 Å². The number of nitrogens with two attached hydrogens (primary N) is 1. The van der Waals surface area contributed by atoms with E-state index in [1.165, 1.54) is 7.05 Å². The summed E-state index contributed by atoms with van der Waals surface area (Å²) in [4.78, 5) is 16.0. The molecule has 0 saturated carbocycles. The molecule has 9 heteroatoms. The van der Waals surface area contributed by atoms with Gasteiger partial charge in [0.05, 0.1) is 12.8 Å². The van der Waals surface area contributed by atoms with Crippen molar-refractivity contribution in [3.63, 3.8) is 0 Å². The van der Waals surface area contributed by atoms with Gasteiger partial charge in [-0.15, -0.1) is 0 Å². The van der Waals surface area contributed by atoms with Crippen molar-refractivity contribution in [3.8, 4) is 22.8 Å². The Balaban J connectivity index is 0.00000109. The fraction of sp³-hybridized carbons (Fsp3) is 0.263. The zero-order chi connectivity index (χ0) is 19.9. The maximum atomic E-state index is 11.3. The molecule has 4 rings (SSSR count). The van der Waals surface area contributed by atoms with Crippen LogP contribution in [0.5, 0.6) is 5.75 Å². The summed E-state index contributed by atoms with van der Waals surface area (Å²) in [7, 11) is 1.50. The molecule has 8 nitrogen and oxygen atoms in total. The highest BCUT2D eigenvalue weighted by molar-refractivity contribution is 6.67. The Morgan fingerprint density at radius 2 is 2.21 bits per heavy atom. The number of fused-ring (bicyclic) bond motifs is 4. The van der Waals surface area contributed by atoms with Crippen molar-refractivity contribution in [3.05, 3.63) is 42.2 Å². The molecule has 28 heavy (non-hydrogen) atoms. The number of ether oxygens (including phenoxy) is 1. The van der Waals surface area contributed by atoms with Crippen molar-refractivity contribution in [1.29, 1.82) is 5.26 Å². The first-order valence-electron chi connectivity index (χ1n) is 9.06. The van der Waals surface area contributed by atoms with Crippen LogP contribution in [0.25, 0.3) is 16.8 Å². The van der Waals surface area contributed by atoms with Gasteiger partial charge in [0.15, 0.2) is 5.65 Å². The smallest absolute Gasteiger partial charge is 0.272 e. The summed E-state index contributed by atoms with van der Waals surface area (Å²) in [6.45, 7) is 0.978. The third kappa shape index (κ3) is 4.13. The zero-order valence-electron chi connectivity index (χ0n) is 15.6. The van der Waals surface area contributed by atoms with E-state index in [2.05, 4.69) is 27.1 Å². The molecule has 1 aliphatic rings. The quantitative estimate of drug-likeness (QED) is 0.493. The molecule has 0 unspecified atom stereocenters. The van der Waals surface area contributed by atoms with Gasteiger partial charge in [-0.3, -0.25) is 4.79 Å². The zero-order valence-corrected chi connectivity index (χ0v) is 15.6. The van der Waals surface area contributed by atoms with Crippen LogP contribution in [0.1, 0.15) is 10.4 Å². The lowest BCUT2D eigenvalue weighted by Crippen LogP contribution is -2.19. The Bertz CT molecular complexity index is 1010. The predicted molar refractivity (Wildman–Crippen MR) is 109 cm³/mol. The Morgan fingerprint density at radius 3 is 3.00 bits per heavy atom. The third-order valence-electron chi connectivity index (χ3n) is 4.46. The van der Waals surface area contributed by atoms with Crippen LogP contribution in [0, 0.1) is 11.2 Å². The Hall–Kier alpha value is -3.38. The number of benzene rings is 1. The lowest BCUT2D eigenvalue weighted by molar-refractivity contribution is 0.112. The minimum atomic E-state index is -0.103. The summed E-state index contributed by atoms with van der Waals surface area (Å²) in [5.74, 6) is 3.66. The number of carbonyl (C=O) groups excluding carboxylic acids is 1. The molecule has 0 spiro atoms. The maximum absolute atomic E-state index is 11.3. The van der Waals surface area contributed by atoms with Gasteiger partial charge in [0.1, 0.15) is 17.9 Å². The fourth-order valence-electron chi connectivity index (χ4n) is 3.07. The molecule has 142 valence electrons. The standard InChI is InChI=1S/C18H16BN5O2.CH5N/c20-12-19-2-4-21-17-1-5-24-18(23-17)16(10-22-24)14-7-13(11-25)8-15(9-14)26-6-3-19;1-2/h1,5,7-11H,2-4,6H2,(H,21,23);2H2,1H3. The van der Waals surface area contributed by atoms with Crippen LogP contribution in [-0.4, -0.2) is 47.8 Å². The highest BCUT2D eigenvalue weighted by Gasteiger charge is 2.16. The predicted octanol–water partition coefficient (Wildman–Crippen LogP) is 2.15. The summed E-state index contributed by atoms with van der Waals surface area (Å²) in [5.41, 5.74) is 7.36. The van der Waals surface area contributed by atoms with Gasteiger partial charge in [-0.25, -0.2) is 14.8 Å². The molecule has 0 amide bonds. The lowest BCUT2D eigenvalue weighted by Gasteiger charge is -2.12. The van der Waals surface area contributed by atoms with Crippen LogP contribution in [-0.2, 0) is 0 Å².